The van der Waals surface area contributed by atoms with Gasteiger partial charge in [0.1, 0.15) is 0 Å². The predicted molar refractivity (Wildman–Crippen MR) is 53.2 cm³/mol. The van der Waals surface area contributed by atoms with Gasteiger partial charge in [-0.05, 0) is 6.26 Å². The van der Waals surface area contributed by atoms with Crippen molar-refractivity contribution in [3.05, 3.63) is 29.6 Å². The Bertz CT molecular complexity index is 294. The zero-order valence-electron chi connectivity index (χ0n) is 7.61. The highest BCUT2D eigenvalue weighted by Crippen LogP contribution is 2.17. The van der Waals surface area contributed by atoms with Crippen LogP contribution in [-0.4, -0.2) is 18.6 Å². The van der Waals surface area contributed by atoms with Crippen molar-refractivity contribution in [2.24, 2.45) is 0 Å². The Morgan fingerprint density at radius 1 is 1.21 bits per heavy atom. The van der Waals surface area contributed by atoms with Crippen molar-refractivity contribution in [3.63, 3.8) is 0 Å². The van der Waals surface area contributed by atoms with Crippen LogP contribution in [0, 0.1) is 17.5 Å². The highest BCUT2D eigenvalue weighted by molar-refractivity contribution is 7.98. The molecule has 0 amide bonds. The van der Waals surface area contributed by atoms with Gasteiger partial charge in [0.05, 0.1) is 0 Å². The van der Waals surface area contributed by atoms with E-state index in [9.17, 15) is 13.2 Å². The van der Waals surface area contributed by atoms with Crippen LogP contribution in [0.15, 0.2) is 12.1 Å². The summed E-state index contributed by atoms with van der Waals surface area (Å²) in [5.41, 5.74) is 0.260. The second kappa shape index (κ2) is 5.14. The first-order valence-electron chi connectivity index (χ1n) is 4.02. The molecule has 1 aromatic carbocycles. The van der Waals surface area contributed by atoms with Crippen LogP contribution in [0.4, 0.5) is 18.9 Å². The first kappa shape index (κ1) is 11.2. The van der Waals surface area contributed by atoms with Crippen LogP contribution < -0.4 is 5.32 Å². The Labute approximate surface area is 84.7 Å². The van der Waals surface area contributed by atoms with Crippen LogP contribution in [0.2, 0.25) is 0 Å². The van der Waals surface area contributed by atoms with Crippen LogP contribution in [0.25, 0.3) is 0 Å². The highest BCUT2D eigenvalue weighted by Gasteiger charge is 2.09. The van der Waals surface area contributed by atoms with Gasteiger partial charge in [-0.3, -0.25) is 0 Å². The largest absolute Gasteiger partial charge is 0.384 e. The molecule has 0 aromatic heterocycles. The molecule has 0 spiro atoms. The van der Waals surface area contributed by atoms with Gasteiger partial charge in [-0.2, -0.15) is 11.8 Å². The number of nitrogens with one attached hydrogen (secondary N) is 1. The molecule has 78 valence electrons. The molecule has 0 heterocycles. The normalized spacial score (nSPS) is 10.3. The van der Waals surface area contributed by atoms with Gasteiger partial charge in [-0.25, -0.2) is 13.2 Å². The molecule has 5 heteroatoms. The van der Waals surface area contributed by atoms with Crippen molar-refractivity contribution in [3.8, 4) is 0 Å². The smallest absolute Gasteiger partial charge is 0.194 e. The zero-order valence-corrected chi connectivity index (χ0v) is 8.43. The number of hydrogen-bond donors (Lipinski definition) is 1. The summed E-state index contributed by atoms with van der Waals surface area (Å²) in [5, 5.41) is 2.79. The molecule has 0 aliphatic heterocycles. The van der Waals surface area contributed by atoms with Crippen molar-refractivity contribution in [2.45, 2.75) is 0 Å². The van der Waals surface area contributed by atoms with E-state index in [2.05, 4.69) is 5.32 Å². The maximum atomic E-state index is 12.7. The van der Waals surface area contributed by atoms with Crippen LogP contribution in [0.5, 0.6) is 0 Å². The Morgan fingerprint density at radius 2 is 1.79 bits per heavy atom. The van der Waals surface area contributed by atoms with E-state index in [-0.39, 0.29) is 5.69 Å². The standard InChI is InChI=1S/C9H10F3NS/c1-14-3-2-13-6-4-7(10)9(12)8(11)5-6/h4-5,13H,2-3H2,1H3. The van der Waals surface area contributed by atoms with E-state index in [0.29, 0.717) is 6.54 Å². The van der Waals surface area contributed by atoms with Gasteiger partial charge >= 0.3 is 0 Å². The second-order valence-corrected chi connectivity index (χ2v) is 3.66. The van der Waals surface area contributed by atoms with Crippen molar-refractivity contribution >= 4 is 17.4 Å². The average molecular weight is 221 g/mol. The summed E-state index contributed by atoms with van der Waals surface area (Å²) < 4.78 is 37.9. The third kappa shape index (κ3) is 2.83. The van der Waals surface area contributed by atoms with Gasteiger partial charge in [0.2, 0.25) is 0 Å². The first-order chi connectivity index (χ1) is 6.65. The Balaban J connectivity index is 2.69. The van der Waals surface area contributed by atoms with Crippen LogP contribution >= 0.6 is 11.8 Å². The molecule has 0 atom stereocenters. The molecule has 0 saturated heterocycles. The predicted octanol–water partition coefficient (Wildman–Crippen LogP) is 2.88. The zero-order chi connectivity index (χ0) is 10.6. The van der Waals surface area contributed by atoms with Gasteiger partial charge in [0.25, 0.3) is 0 Å². The molecule has 1 nitrogen and oxygen atoms in total. The molecule has 0 radical (unpaired) electrons. The first-order valence-corrected chi connectivity index (χ1v) is 5.42. The molecule has 0 aliphatic carbocycles. The maximum absolute atomic E-state index is 12.7. The topological polar surface area (TPSA) is 12.0 Å². The minimum Gasteiger partial charge on any atom is -0.384 e. The summed E-state index contributed by atoms with van der Waals surface area (Å²) in [7, 11) is 0. The lowest BCUT2D eigenvalue weighted by Crippen LogP contribution is -2.05. The van der Waals surface area contributed by atoms with Gasteiger partial charge in [-0.1, -0.05) is 0 Å². The lowest BCUT2D eigenvalue weighted by Gasteiger charge is -2.05. The number of benzene rings is 1. The monoisotopic (exact) mass is 221 g/mol. The third-order valence-electron chi connectivity index (χ3n) is 1.62. The average Bonchev–Trinajstić information content (AvgIpc) is 2.14. The van der Waals surface area contributed by atoms with Gasteiger partial charge in [0.15, 0.2) is 17.5 Å². The van der Waals surface area contributed by atoms with Crippen LogP contribution in [0.3, 0.4) is 0 Å². The second-order valence-electron chi connectivity index (χ2n) is 2.67. The summed E-state index contributed by atoms with van der Waals surface area (Å²) in [4.78, 5) is 0. The van der Waals surface area contributed by atoms with Crippen LogP contribution in [-0.2, 0) is 0 Å². The number of anilines is 1. The fourth-order valence-electron chi connectivity index (χ4n) is 0.955. The molecule has 0 bridgehead atoms. The SMILES string of the molecule is CSCCNc1cc(F)c(F)c(F)c1. The van der Waals surface area contributed by atoms with E-state index in [4.69, 9.17) is 0 Å². The number of rotatable bonds is 4. The van der Waals surface area contributed by atoms with E-state index in [0.717, 1.165) is 17.9 Å². The fourth-order valence-corrected chi connectivity index (χ4v) is 1.26. The van der Waals surface area contributed by atoms with Gasteiger partial charge in [0, 0.05) is 30.1 Å². The Hall–Kier alpha value is -0.840. The third-order valence-corrected chi connectivity index (χ3v) is 2.23. The molecule has 0 fully saturated rings. The summed E-state index contributed by atoms with van der Waals surface area (Å²) in [6, 6.07) is 1.89. The molecular formula is C9H10F3NS. The van der Waals surface area contributed by atoms with Crippen molar-refractivity contribution in [2.75, 3.05) is 23.9 Å². The minimum atomic E-state index is -1.43. The Kier molecular flexibility index (Phi) is 4.13. The molecule has 0 aliphatic rings. The van der Waals surface area contributed by atoms with Gasteiger partial charge < -0.3 is 5.32 Å². The molecule has 0 unspecified atom stereocenters. The quantitative estimate of drug-likeness (QED) is 0.619. The lowest BCUT2D eigenvalue weighted by molar-refractivity contribution is 0.448. The fraction of sp³-hybridized carbons (Fsp3) is 0.333. The highest BCUT2D eigenvalue weighted by atomic mass is 32.2. The molecule has 14 heavy (non-hydrogen) atoms. The number of hydrogen-bond acceptors (Lipinski definition) is 2. The van der Waals surface area contributed by atoms with E-state index < -0.39 is 17.5 Å². The number of halogens is 3. The minimum absolute atomic E-state index is 0.260. The number of thioether (sulfide) groups is 1. The van der Waals surface area contributed by atoms with Crippen molar-refractivity contribution in [1.29, 1.82) is 0 Å². The molecule has 1 rings (SSSR count). The summed E-state index contributed by atoms with van der Waals surface area (Å²) in [5.74, 6) is -2.95. The van der Waals surface area contributed by atoms with Crippen LogP contribution in [0.1, 0.15) is 0 Å². The molecule has 1 aromatic rings. The summed E-state index contributed by atoms with van der Waals surface area (Å²) in [6.45, 7) is 0.589. The maximum Gasteiger partial charge on any atom is 0.194 e. The van der Waals surface area contributed by atoms with E-state index in [1.165, 1.54) is 0 Å². The Morgan fingerprint density at radius 3 is 2.29 bits per heavy atom. The van der Waals surface area contributed by atoms with Crippen molar-refractivity contribution < 1.29 is 13.2 Å². The summed E-state index contributed by atoms with van der Waals surface area (Å²) >= 11 is 1.61. The lowest BCUT2D eigenvalue weighted by atomic mass is 10.3. The van der Waals surface area contributed by atoms with E-state index in [1.54, 1.807) is 11.8 Å². The summed E-state index contributed by atoms with van der Waals surface area (Å²) in [6.07, 6.45) is 1.92. The molecular weight excluding hydrogens is 211 g/mol. The van der Waals surface area contributed by atoms with E-state index in [1.807, 2.05) is 6.26 Å². The molecule has 0 saturated carbocycles. The van der Waals surface area contributed by atoms with Crippen molar-refractivity contribution in [1.82, 2.24) is 0 Å². The molecule has 1 N–H and O–H groups in total. The van der Waals surface area contributed by atoms with Gasteiger partial charge in [-0.15, -0.1) is 0 Å². The van der Waals surface area contributed by atoms with E-state index >= 15 is 0 Å².